The lowest BCUT2D eigenvalue weighted by atomic mass is 10.1. The van der Waals surface area contributed by atoms with Crippen LogP contribution in [0.2, 0.25) is 5.15 Å². The van der Waals surface area contributed by atoms with Crippen molar-refractivity contribution >= 4 is 29.1 Å². The first kappa shape index (κ1) is 23.6. The smallest absolute Gasteiger partial charge is 0.420 e. The van der Waals surface area contributed by atoms with Gasteiger partial charge in [0.2, 0.25) is 11.8 Å². The van der Waals surface area contributed by atoms with Crippen molar-refractivity contribution in [3.63, 3.8) is 0 Å². The summed E-state index contributed by atoms with van der Waals surface area (Å²) < 4.78 is 74.5. The quantitative estimate of drug-likeness (QED) is 0.472. The number of hydrogen-bond donors (Lipinski definition) is 0. The number of aromatic nitrogens is 2. The molecule has 2 fully saturated rings. The maximum absolute atomic E-state index is 13.8. The fraction of sp³-hybridized carbons (Fsp3) is 0.409. The molecular formula is C22H18ClF5N4O3. The highest BCUT2D eigenvalue weighted by Crippen LogP contribution is 2.39. The molecule has 0 spiro atoms. The molecule has 0 aromatic carbocycles. The molecule has 0 N–H and O–H groups in total. The van der Waals surface area contributed by atoms with Crippen molar-refractivity contribution in [1.29, 1.82) is 0 Å². The number of alkyl halides is 5. The first-order valence-electron chi connectivity index (χ1n) is 10.7. The SMILES string of the molecule is O=C(c1nc2c(C(F)(F)F)cc(-c3ccoc3)cn2c1Cl)N1CCN(C2CCC(F)(F)C2)C(=O)C1. The molecule has 0 bridgehead atoms. The number of piperazine rings is 1. The third-order valence-electron chi connectivity index (χ3n) is 6.39. The van der Waals surface area contributed by atoms with Gasteiger partial charge in [0.25, 0.3) is 5.91 Å². The second kappa shape index (κ2) is 8.21. The Morgan fingerprint density at radius 1 is 1.23 bits per heavy atom. The number of nitrogens with zero attached hydrogens (tertiary/aromatic N) is 4. The number of pyridine rings is 1. The van der Waals surface area contributed by atoms with Gasteiger partial charge in [0, 0.05) is 49.3 Å². The molecule has 3 aromatic heterocycles. The molecule has 1 saturated carbocycles. The Hall–Kier alpha value is -3.15. The zero-order chi connectivity index (χ0) is 25.1. The van der Waals surface area contributed by atoms with Crippen molar-refractivity contribution in [3.8, 4) is 11.1 Å². The summed E-state index contributed by atoms with van der Waals surface area (Å²) in [6.45, 7) is -0.352. The molecule has 35 heavy (non-hydrogen) atoms. The van der Waals surface area contributed by atoms with E-state index >= 15 is 0 Å². The third kappa shape index (κ3) is 4.24. The van der Waals surface area contributed by atoms with Crippen LogP contribution in [0.15, 0.2) is 35.3 Å². The minimum atomic E-state index is -4.79. The molecule has 2 amide bonds. The van der Waals surface area contributed by atoms with E-state index in [2.05, 4.69) is 4.98 Å². The van der Waals surface area contributed by atoms with Gasteiger partial charge in [0.05, 0.1) is 18.1 Å². The van der Waals surface area contributed by atoms with Crippen LogP contribution in [0.25, 0.3) is 16.8 Å². The average Bonchev–Trinajstić information content (AvgIpc) is 3.51. The van der Waals surface area contributed by atoms with E-state index in [-0.39, 0.29) is 36.6 Å². The molecule has 7 nitrogen and oxygen atoms in total. The highest BCUT2D eigenvalue weighted by Gasteiger charge is 2.44. The molecule has 4 heterocycles. The summed E-state index contributed by atoms with van der Waals surface area (Å²) in [4.78, 5) is 32.1. The van der Waals surface area contributed by atoms with Crippen LogP contribution in [-0.4, -0.2) is 62.6 Å². The number of carbonyl (C=O) groups is 2. The summed E-state index contributed by atoms with van der Waals surface area (Å²) in [7, 11) is 0. The lowest BCUT2D eigenvalue weighted by Crippen LogP contribution is -2.55. The molecule has 5 rings (SSSR count). The molecule has 1 aliphatic heterocycles. The van der Waals surface area contributed by atoms with E-state index in [1.54, 1.807) is 0 Å². The van der Waals surface area contributed by atoms with Gasteiger partial charge >= 0.3 is 6.18 Å². The highest BCUT2D eigenvalue weighted by atomic mass is 35.5. The van der Waals surface area contributed by atoms with Crippen molar-refractivity contribution < 1.29 is 36.0 Å². The number of fused-ring (bicyclic) bond motifs is 1. The Morgan fingerprint density at radius 3 is 2.60 bits per heavy atom. The number of furan rings is 1. The van der Waals surface area contributed by atoms with Crippen LogP contribution in [0.5, 0.6) is 0 Å². The first-order valence-corrected chi connectivity index (χ1v) is 11.1. The van der Waals surface area contributed by atoms with E-state index in [1.807, 2.05) is 0 Å². The topological polar surface area (TPSA) is 71.1 Å². The van der Waals surface area contributed by atoms with Gasteiger partial charge in [-0.15, -0.1) is 0 Å². The summed E-state index contributed by atoms with van der Waals surface area (Å²) in [5.74, 6) is -4.15. The predicted octanol–water partition coefficient (Wildman–Crippen LogP) is 4.74. The van der Waals surface area contributed by atoms with Crippen LogP contribution in [0.3, 0.4) is 0 Å². The zero-order valence-corrected chi connectivity index (χ0v) is 18.7. The number of imidazole rings is 1. The van der Waals surface area contributed by atoms with E-state index in [0.717, 1.165) is 15.4 Å². The number of rotatable bonds is 3. The minimum Gasteiger partial charge on any atom is -0.472 e. The van der Waals surface area contributed by atoms with Crippen LogP contribution in [0.1, 0.15) is 35.3 Å². The fourth-order valence-corrected chi connectivity index (χ4v) is 4.89. The maximum atomic E-state index is 13.8. The van der Waals surface area contributed by atoms with Crippen LogP contribution in [0.4, 0.5) is 22.0 Å². The van der Waals surface area contributed by atoms with Crippen molar-refractivity contribution in [2.75, 3.05) is 19.6 Å². The predicted molar refractivity (Wildman–Crippen MR) is 113 cm³/mol. The van der Waals surface area contributed by atoms with Crippen molar-refractivity contribution in [2.24, 2.45) is 0 Å². The lowest BCUT2D eigenvalue weighted by molar-refractivity contribution is -0.138. The standard InChI is InChI=1S/C22H18ClF5N4O3/c23-18-17(20(34)30-4-5-31(16(33)10-30)14-1-3-21(24,25)8-14)29-19-15(22(26,27)28)7-13(9-32(18)19)12-2-6-35-11-12/h2,6-7,9,11,14H,1,3-5,8,10H2. The lowest BCUT2D eigenvalue weighted by Gasteiger charge is -2.37. The van der Waals surface area contributed by atoms with E-state index in [0.29, 0.717) is 5.56 Å². The summed E-state index contributed by atoms with van der Waals surface area (Å²) in [5, 5.41) is -0.342. The molecule has 0 radical (unpaired) electrons. The normalized spacial score (nSPS) is 20.7. The number of hydrogen-bond acceptors (Lipinski definition) is 4. The van der Waals surface area contributed by atoms with Gasteiger partial charge in [-0.1, -0.05) is 11.6 Å². The Morgan fingerprint density at radius 2 is 2.00 bits per heavy atom. The number of halogens is 6. The summed E-state index contributed by atoms with van der Waals surface area (Å²) in [6, 6.07) is 1.75. The molecule has 13 heteroatoms. The van der Waals surface area contributed by atoms with Gasteiger partial charge in [0.15, 0.2) is 11.3 Å². The monoisotopic (exact) mass is 516 g/mol. The Labute approximate surface area is 200 Å². The van der Waals surface area contributed by atoms with Crippen LogP contribution >= 0.6 is 11.6 Å². The van der Waals surface area contributed by atoms with Crippen molar-refractivity contribution in [2.45, 2.75) is 37.4 Å². The van der Waals surface area contributed by atoms with Gasteiger partial charge < -0.3 is 14.2 Å². The number of carbonyl (C=O) groups excluding carboxylic acids is 2. The van der Waals surface area contributed by atoms with Gasteiger partial charge in [-0.3, -0.25) is 14.0 Å². The second-order valence-corrected chi connectivity index (χ2v) is 9.02. The first-order chi connectivity index (χ1) is 16.4. The highest BCUT2D eigenvalue weighted by molar-refractivity contribution is 6.33. The fourth-order valence-electron chi connectivity index (χ4n) is 4.64. The maximum Gasteiger partial charge on any atom is 0.420 e. The molecule has 3 aromatic rings. The van der Waals surface area contributed by atoms with E-state index in [9.17, 15) is 31.5 Å². The molecule has 1 saturated heterocycles. The van der Waals surface area contributed by atoms with E-state index in [4.69, 9.17) is 16.0 Å². The molecule has 186 valence electrons. The zero-order valence-electron chi connectivity index (χ0n) is 18.0. The summed E-state index contributed by atoms with van der Waals surface area (Å²) in [5.41, 5.74) is -1.57. The second-order valence-electron chi connectivity index (χ2n) is 8.66. The third-order valence-corrected chi connectivity index (χ3v) is 6.75. The largest absolute Gasteiger partial charge is 0.472 e. The Balaban J connectivity index is 1.45. The molecule has 1 aliphatic carbocycles. The van der Waals surface area contributed by atoms with Gasteiger partial charge in [-0.25, -0.2) is 13.8 Å². The minimum absolute atomic E-state index is 0.0171. The van der Waals surface area contributed by atoms with Crippen molar-refractivity contribution in [3.05, 3.63) is 47.3 Å². The molecule has 1 atom stereocenters. The van der Waals surface area contributed by atoms with E-state index in [1.165, 1.54) is 29.7 Å². The molecule has 1 unspecified atom stereocenters. The van der Waals surface area contributed by atoms with Gasteiger partial charge in [-0.05, 0) is 18.6 Å². The molecule has 2 aliphatic rings. The van der Waals surface area contributed by atoms with Crippen LogP contribution in [-0.2, 0) is 11.0 Å². The average molecular weight is 517 g/mol. The summed E-state index contributed by atoms with van der Waals surface area (Å²) in [6.07, 6.45) is -1.46. The van der Waals surface area contributed by atoms with Crippen molar-refractivity contribution in [1.82, 2.24) is 19.2 Å². The summed E-state index contributed by atoms with van der Waals surface area (Å²) >= 11 is 6.31. The Kier molecular flexibility index (Phi) is 5.53. The van der Waals surface area contributed by atoms with Gasteiger partial charge in [-0.2, -0.15) is 13.2 Å². The van der Waals surface area contributed by atoms with Crippen LogP contribution < -0.4 is 0 Å². The van der Waals surface area contributed by atoms with Gasteiger partial charge in [0.1, 0.15) is 11.7 Å². The van der Waals surface area contributed by atoms with Crippen LogP contribution in [0, 0.1) is 0 Å². The Bertz CT molecular complexity index is 1300. The molecular weight excluding hydrogens is 499 g/mol. The number of amides is 2. The van der Waals surface area contributed by atoms with E-state index < -0.39 is 59.8 Å².